The third kappa shape index (κ3) is 7.61. The van der Waals surface area contributed by atoms with Gasteiger partial charge in [-0.2, -0.15) is 0 Å². The Morgan fingerprint density at radius 1 is 1.27 bits per heavy atom. The van der Waals surface area contributed by atoms with Crippen molar-refractivity contribution in [3.63, 3.8) is 0 Å². The maximum atomic E-state index is 10.4. The van der Waals surface area contributed by atoms with Crippen LogP contribution in [0, 0.1) is 0 Å². The number of rotatable bonds is 3. The van der Waals surface area contributed by atoms with Crippen molar-refractivity contribution in [2.75, 3.05) is 0 Å². The van der Waals surface area contributed by atoms with Crippen molar-refractivity contribution in [1.82, 2.24) is 0 Å². The van der Waals surface area contributed by atoms with Gasteiger partial charge >= 0.3 is 109 Å². The molecule has 0 aliphatic rings. The van der Waals surface area contributed by atoms with Crippen molar-refractivity contribution in [3.05, 3.63) is 29.8 Å². The van der Waals surface area contributed by atoms with Gasteiger partial charge in [-0.3, -0.25) is 4.79 Å². The van der Waals surface area contributed by atoms with Crippen LogP contribution in [0.2, 0.25) is 0 Å². The summed E-state index contributed by atoms with van der Waals surface area (Å²) in [6.07, 6.45) is 0.273. The first-order valence-corrected chi connectivity index (χ1v) is 3.86. The Kier molecular flexibility index (Phi) is 12.4. The summed E-state index contributed by atoms with van der Waals surface area (Å²) in [4.78, 5) is 10.4. The Morgan fingerprint density at radius 3 is 2.13 bits per heavy atom. The van der Waals surface area contributed by atoms with Crippen LogP contribution in [0.5, 0.6) is 5.75 Å². The molecule has 1 aromatic carbocycles. The molecule has 0 aliphatic carbocycles. The second-order valence-corrected chi connectivity index (χ2v) is 2.82. The van der Waals surface area contributed by atoms with Crippen LogP contribution in [0.3, 0.4) is 0 Å². The van der Waals surface area contributed by atoms with E-state index in [1.807, 2.05) is 0 Å². The number of benzene rings is 1. The van der Waals surface area contributed by atoms with Gasteiger partial charge in [0.15, 0.2) is 0 Å². The monoisotopic (exact) mass is 261 g/mol. The molecule has 0 aliphatic heterocycles. The quantitative estimate of drug-likeness (QED) is 0.613. The molecule has 0 heterocycles. The molecule has 6 heteroatoms. The predicted molar refractivity (Wildman–Crippen MR) is 61.7 cm³/mol. The van der Waals surface area contributed by atoms with Gasteiger partial charge in [0.05, 0.1) is 0 Å². The SMILES string of the molecule is NC(Cc1ccc(O)cc1)C(=O)O.[KH].[KH]. The molecular weight excluding hydrogens is 248 g/mol. The molecule has 0 radical (unpaired) electrons. The van der Waals surface area contributed by atoms with Crippen LogP contribution in [0.1, 0.15) is 5.56 Å². The summed E-state index contributed by atoms with van der Waals surface area (Å²) in [6, 6.07) is 5.42. The topological polar surface area (TPSA) is 83.5 Å². The maximum absolute atomic E-state index is 10.4. The van der Waals surface area contributed by atoms with E-state index in [0.29, 0.717) is 0 Å². The molecule has 0 aromatic heterocycles. The second-order valence-electron chi connectivity index (χ2n) is 2.82. The first-order chi connectivity index (χ1) is 6.09. The third-order valence-corrected chi connectivity index (χ3v) is 1.71. The van der Waals surface area contributed by atoms with Crippen LogP contribution in [0.15, 0.2) is 24.3 Å². The summed E-state index contributed by atoms with van der Waals surface area (Å²) in [5, 5.41) is 17.5. The number of nitrogens with two attached hydrogens (primary N) is 1. The number of carboxylic acid groups (broad SMARTS) is 1. The fourth-order valence-electron chi connectivity index (χ4n) is 0.973. The van der Waals surface area contributed by atoms with Crippen molar-refractivity contribution >= 4 is 109 Å². The van der Waals surface area contributed by atoms with Crippen LogP contribution in [0.25, 0.3) is 0 Å². The average molecular weight is 261 g/mol. The van der Waals surface area contributed by atoms with E-state index in [4.69, 9.17) is 15.9 Å². The molecule has 1 atom stereocenters. The van der Waals surface area contributed by atoms with Crippen LogP contribution in [0.4, 0.5) is 0 Å². The van der Waals surface area contributed by atoms with Gasteiger partial charge in [-0.05, 0) is 24.1 Å². The molecule has 0 saturated carbocycles. The van der Waals surface area contributed by atoms with Gasteiger partial charge in [-0.25, -0.2) is 0 Å². The van der Waals surface area contributed by atoms with Crippen LogP contribution >= 0.6 is 0 Å². The van der Waals surface area contributed by atoms with E-state index in [1.54, 1.807) is 12.1 Å². The number of carboxylic acids is 1. The normalized spacial score (nSPS) is 10.7. The van der Waals surface area contributed by atoms with Crippen molar-refractivity contribution < 1.29 is 15.0 Å². The number of phenols is 1. The molecule has 1 aromatic rings. The van der Waals surface area contributed by atoms with Gasteiger partial charge < -0.3 is 15.9 Å². The number of aromatic hydroxyl groups is 1. The van der Waals surface area contributed by atoms with Gasteiger partial charge in [0.25, 0.3) is 0 Å². The Bertz CT molecular complexity index is 303. The van der Waals surface area contributed by atoms with Gasteiger partial charge in [0.1, 0.15) is 11.8 Å². The van der Waals surface area contributed by atoms with E-state index in [1.165, 1.54) is 12.1 Å². The molecule has 0 fully saturated rings. The number of hydrogen-bond donors (Lipinski definition) is 3. The zero-order chi connectivity index (χ0) is 9.84. The molecule has 74 valence electrons. The molecule has 0 saturated heterocycles. The first kappa shape index (κ1) is 19.1. The van der Waals surface area contributed by atoms with E-state index < -0.39 is 12.0 Å². The molecule has 1 rings (SSSR count). The Morgan fingerprint density at radius 2 is 1.73 bits per heavy atom. The third-order valence-electron chi connectivity index (χ3n) is 1.71. The average Bonchev–Trinajstić information content (AvgIpc) is 2.08. The minimum absolute atomic E-state index is 0. The fourth-order valence-corrected chi connectivity index (χ4v) is 0.973. The Labute approximate surface area is 173 Å². The molecule has 0 amide bonds. The van der Waals surface area contributed by atoms with Crippen molar-refractivity contribution in [2.45, 2.75) is 12.5 Å². The minimum atomic E-state index is -1.02. The molecule has 0 spiro atoms. The Hall–Kier alpha value is 1.72. The molecule has 1 unspecified atom stereocenters. The summed E-state index contributed by atoms with van der Waals surface area (Å²) in [7, 11) is 0. The zero-order valence-electron chi connectivity index (χ0n) is 6.97. The van der Waals surface area contributed by atoms with E-state index in [-0.39, 0.29) is 115 Å². The predicted octanol–water partition coefficient (Wildman–Crippen LogP) is -0.950. The van der Waals surface area contributed by atoms with E-state index in [0.717, 1.165) is 5.56 Å². The summed E-state index contributed by atoms with van der Waals surface area (Å²) in [6.45, 7) is 0. The van der Waals surface area contributed by atoms with Crippen molar-refractivity contribution in [2.24, 2.45) is 5.73 Å². The fraction of sp³-hybridized carbons (Fsp3) is 0.222. The first-order valence-electron chi connectivity index (χ1n) is 3.86. The summed E-state index contributed by atoms with van der Waals surface area (Å²) in [5.74, 6) is -0.860. The van der Waals surface area contributed by atoms with Crippen LogP contribution < -0.4 is 5.73 Å². The van der Waals surface area contributed by atoms with Crippen LogP contribution in [-0.2, 0) is 11.2 Å². The number of phenolic OH excluding ortho intramolecular Hbond substituents is 1. The van der Waals surface area contributed by atoms with Crippen molar-refractivity contribution in [1.29, 1.82) is 0 Å². The summed E-state index contributed by atoms with van der Waals surface area (Å²) < 4.78 is 0. The van der Waals surface area contributed by atoms with Crippen LogP contribution in [-0.4, -0.2) is 125 Å². The van der Waals surface area contributed by atoms with Gasteiger partial charge in [-0.1, -0.05) is 12.1 Å². The van der Waals surface area contributed by atoms with E-state index in [9.17, 15) is 4.79 Å². The molecule has 0 bridgehead atoms. The summed E-state index contributed by atoms with van der Waals surface area (Å²) in [5.41, 5.74) is 6.12. The van der Waals surface area contributed by atoms with Crippen molar-refractivity contribution in [3.8, 4) is 5.75 Å². The second kappa shape index (κ2) is 9.72. The molecular formula is C9H13K2NO3. The summed E-state index contributed by atoms with van der Waals surface area (Å²) >= 11 is 0. The molecule has 15 heavy (non-hydrogen) atoms. The zero-order valence-corrected chi connectivity index (χ0v) is 6.97. The molecule has 4 nitrogen and oxygen atoms in total. The van der Waals surface area contributed by atoms with E-state index in [2.05, 4.69) is 0 Å². The number of hydrogen-bond acceptors (Lipinski definition) is 3. The number of aliphatic carboxylic acids is 1. The standard InChI is InChI=1S/C9H11NO3.2K.2H/c10-8(9(12)13)5-6-1-3-7(11)4-2-6;;;;/h1-4,8,11H,5,10H2,(H,12,13);;;;. The Balaban J connectivity index is 0. The van der Waals surface area contributed by atoms with Gasteiger partial charge in [0, 0.05) is 0 Å². The molecule has 4 N–H and O–H groups in total. The van der Waals surface area contributed by atoms with Gasteiger partial charge in [-0.15, -0.1) is 0 Å². The number of carbonyl (C=O) groups is 1. The van der Waals surface area contributed by atoms with Gasteiger partial charge in [0.2, 0.25) is 0 Å². The van der Waals surface area contributed by atoms with E-state index >= 15 is 0 Å².